The standard InChI is InChI=1S/C29H33F4N3O4S/c30-23-15-26(33)27(41(39,40)35-19-4-1-2-5-19)14-22(23)29(38)34-16-20-6-3-11-36(20)28(37)10-9-17-7-8-18-12-24(31)25(32)13-21(17)18/h12-15,17,19-20,35H,1-11,16H2,(H,34,38). The molecule has 2 atom stereocenters. The molecule has 2 aromatic carbocycles. The summed E-state index contributed by atoms with van der Waals surface area (Å²) in [5.74, 6) is -5.32. The largest absolute Gasteiger partial charge is 0.350 e. The molecule has 2 aliphatic carbocycles. The van der Waals surface area contributed by atoms with Gasteiger partial charge in [-0.25, -0.2) is 30.7 Å². The normalized spacial score (nSPS) is 20.9. The Bertz CT molecular complexity index is 1450. The Balaban J connectivity index is 1.19. The van der Waals surface area contributed by atoms with E-state index >= 15 is 0 Å². The summed E-state index contributed by atoms with van der Waals surface area (Å²) in [6.07, 6.45) is 6.30. The van der Waals surface area contributed by atoms with Crippen molar-refractivity contribution < 1.29 is 35.6 Å². The second-order valence-electron chi connectivity index (χ2n) is 11.2. The van der Waals surface area contributed by atoms with Gasteiger partial charge in [-0.15, -0.1) is 0 Å². The van der Waals surface area contributed by atoms with Crippen molar-refractivity contribution in [2.75, 3.05) is 13.1 Å². The van der Waals surface area contributed by atoms with E-state index in [2.05, 4.69) is 10.0 Å². The number of sulfonamides is 1. The van der Waals surface area contributed by atoms with E-state index < -0.39 is 49.7 Å². The molecule has 0 aromatic heterocycles. The summed E-state index contributed by atoms with van der Waals surface area (Å²) in [5.41, 5.74) is 0.905. The first-order valence-electron chi connectivity index (χ1n) is 14.1. The minimum Gasteiger partial charge on any atom is -0.350 e. The second kappa shape index (κ2) is 12.1. The summed E-state index contributed by atoms with van der Waals surface area (Å²) in [6.45, 7) is 0.501. The first-order chi connectivity index (χ1) is 19.5. The first kappa shape index (κ1) is 29.5. The van der Waals surface area contributed by atoms with Crippen LogP contribution < -0.4 is 10.0 Å². The Morgan fingerprint density at radius 2 is 1.61 bits per heavy atom. The lowest BCUT2D eigenvalue weighted by Crippen LogP contribution is -2.43. The molecule has 0 spiro atoms. The highest BCUT2D eigenvalue weighted by atomic mass is 32.2. The topological polar surface area (TPSA) is 95.6 Å². The van der Waals surface area contributed by atoms with Crippen LogP contribution in [0.2, 0.25) is 0 Å². The van der Waals surface area contributed by atoms with Gasteiger partial charge in [-0.2, -0.15) is 0 Å². The Kier molecular flexibility index (Phi) is 8.70. The minimum absolute atomic E-state index is 0.0144. The third kappa shape index (κ3) is 6.43. The van der Waals surface area contributed by atoms with Crippen LogP contribution in [-0.4, -0.2) is 50.3 Å². The van der Waals surface area contributed by atoms with Gasteiger partial charge >= 0.3 is 0 Å². The molecule has 0 bridgehead atoms. The third-order valence-corrected chi connectivity index (χ3v) is 10.1. The zero-order valence-corrected chi connectivity index (χ0v) is 23.3. The number of hydrogen-bond acceptors (Lipinski definition) is 4. The molecule has 3 aliphatic rings. The first-order valence-corrected chi connectivity index (χ1v) is 15.6. The Hall–Kier alpha value is -2.99. The summed E-state index contributed by atoms with van der Waals surface area (Å²) < 4.78 is 84.3. The van der Waals surface area contributed by atoms with Crippen molar-refractivity contribution >= 4 is 21.8 Å². The molecule has 12 heteroatoms. The van der Waals surface area contributed by atoms with E-state index in [1.807, 2.05) is 0 Å². The number of amides is 2. The number of nitrogens with zero attached hydrogens (tertiary/aromatic N) is 1. The molecule has 1 saturated carbocycles. The van der Waals surface area contributed by atoms with Crippen LogP contribution in [0.15, 0.2) is 29.2 Å². The van der Waals surface area contributed by atoms with Crippen LogP contribution in [-0.2, 0) is 21.2 Å². The van der Waals surface area contributed by atoms with Crippen molar-refractivity contribution in [2.45, 2.75) is 87.1 Å². The maximum absolute atomic E-state index is 14.6. The SMILES string of the molecule is O=C(NCC1CCCN1C(=O)CCC1CCc2cc(F)c(F)cc21)c1cc(S(=O)(=O)NC2CCCC2)c(F)cc1F. The van der Waals surface area contributed by atoms with Crippen molar-refractivity contribution in [3.8, 4) is 0 Å². The summed E-state index contributed by atoms with van der Waals surface area (Å²) in [4.78, 5) is 26.8. The van der Waals surface area contributed by atoms with E-state index in [9.17, 15) is 35.6 Å². The fourth-order valence-corrected chi connectivity index (χ4v) is 7.73. The van der Waals surface area contributed by atoms with Gasteiger partial charge in [0.2, 0.25) is 15.9 Å². The van der Waals surface area contributed by atoms with Crippen LogP contribution in [0, 0.1) is 23.3 Å². The number of halogens is 4. The van der Waals surface area contributed by atoms with E-state index in [-0.39, 0.29) is 36.9 Å². The molecule has 222 valence electrons. The van der Waals surface area contributed by atoms with Crippen LogP contribution in [0.3, 0.4) is 0 Å². The summed E-state index contributed by atoms with van der Waals surface area (Å²) in [7, 11) is -4.30. The second-order valence-corrected chi connectivity index (χ2v) is 12.9. The number of benzene rings is 2. The van der Waals surface area contributed by atoms with Crippen LogP contribution in [0.25, 0.3) is 0 Å². The lowest BCUT2D eigenvalue weighted by atomic mass is 9.95. The quantitative estimate of drug-likeness (QED) is 0.411. The van der Waals surface area contributed by atoms with Crippen LogP contribution in [0.1, 0.15) is 85.2 Å². The Morgan fingerprint density at radius 1 is 0.878 bits per heavy atom. The molecule has 2 unspecified atom stereocenters. The molecular formula is C29H33F4N3O4S. The van der Waals surface area contributed by atoms with Crippen LogP contribution >= 0.6 is 0 Å². The van der Waals surface area contributed by atoms with E-state index in [0.717, 1.165) is 24.0 Å². The number of hydrogen-bond donors (Lipinski definition) is 2. The maximum atomic E-state index is 14.6. The van der Waals surface area contributed by atoms with Crippen molar-refractivity contribution in [3.63, 3.8) is 0 Å². The molecule has 2 N–H and O–H groups in total. The van der Waals surface area contributed by atoms with Crippen molar-refractivity contribution in [1.82, 2.24) is 14.9 Å². The number of carbonyl (C=O) groups is 2. The van der Waals surface area contributed by atoms with Gasteiger partial charge in [0, 0.05) is 37.7 Å². The van der Waals surface area contributed by atoms with E-state index in [4.69, 9.17) is 0 Å². The average Bonchev–Trinajstić information content (AvgIpc) is 3.68. The van der Waals surface area contributed by atoms with Gasteiger partial charge in [0.05, 0.1) is 5.56 Å². The number of fused-ring (bicyclic) bond motifs is 1. The molecule has 1 aliphatic heterocycles. The van der Waals surface area contributed by atoms with E-state index in [1.165, 1.54) is 12.1 Å². The molecule has 2 fully saturated rings. The average molecular weight is 596 g/mol. The summed E-state index contributed by atoms with van der Waals surface area (Å²) in [5, 5.41) is 2.57. The highest BCUT2D eigenvalue weighted by molar-refractivity contribution is 7.89. The number of aryl methyl sites for hydroxylation is 1. The molecule has 7 nitrogen and oxygen atoms in total. The Morgan fingerprint density at radius 3 is 2.37 bits per heavy atom. The van der Waals surface area contributed by atoms with E-state index in [1.54, 1.807) is 4.90 Å². The predicted molar refractivity (Wildman–Crippen MR) is 143 cm³/mol. The lowest BCUT2D eigenvalue weighted by molar-refractivity contribution is -0.132. The van der Waals surface area contributed by atoms with Crippen molar-refractivity contribution in [2.24, 2.45) is 0 Å². The lowest BCUT2D eigenvalue weighted by Gasteiger charge is -2.26. The molecule has 41 heavy (non-hydrogen) atoms. The number of nitrogens with one attached hydrogen (secondary N) is 2. The molecule has 5 rings (SSSR count). The number of likely N-dealkylation sites (tertiary alicyclic amines) is 1. The highest BCUT2D eigenvalue weighted by Gasteiger charge is 2.32. The van der Waals surface area contributed by atoms with Crippen molar-refractivity contribution in [1.29, 1.82) is 0 Å². The molecule has 1 heterocycles. The van der Waals surface area contributed by atoms with E-state index in [0.29, 0.717) is 63.6 Å². The van der Waals surface area contributed by atoms with Gasteiger partial charge < -0.3 is 10.2 Å². The van der Waals surface area contributed by atoms with Gasteiger partial charge in [0.25, 0.3) is 5.91 Å². The van der Waals surface area contributed by atoms with Gasteiger partial charge in [0.1, 0.15) is 16.5 Å². The zero-order valence-electron chi connectivity index (χ0n) is 22.5. The van der Waals surface area contributed by atoms with Gasteiger partial charge in [-0.05, 0) is 80.2 Å². The minimum atomic E-state index is -4.30. The predicted octanol–water partition coefficient (Wildman–Crippen LogP) is 4.69. The maximum Gasteiger partial charge on any atom is 0.254 e. The molecule has 2 amide bonds. The number of carbonyl (C=O) groups excluding carboxylic acids is 2. The smallest absolute Gasteiger partial charge is 0.254 e. The molecule has 2 aromatic rings. The van der Waals surface area contributed by atoms with Crippen molar-refractivity contribution in [3.05, 3.63) is 64.2 Å². The third-order valence-electron chi connectivity index (χ3n) is 8.52. The van der Waals surface area contributed by atoms with Gasteiger partial charge in [-0.1, -0.05) is 12.8 Å². The molecular weight excluding hydrogens is 562 g/mol. The molecule has 1 saturated heterocycles. The highest BCUT2D eigenvalue weighted by Crippen LogP contribution is 2.37. The van der Waals surface area contributed by atoms with Crippen LogP contribution in [0.4, 0.5) is 17.6 Å². The summed E-state index contributed by atoms with van der Waals surface area (Å²) >= 11 is 0. The monoisotopic (exact) mass is 595 g/mol. The fraction of sp³-hybridized carbons (Fsp3) is 0.517. The Labute approximate surface area is 236 Å². The van der Waals surface area contributed by atoms with Gasteiger partial charge in [0.15, 0.2) is 11.6 Å². The zero-order chi connectivity index (χ0) is 29.3. The van der Waals surface area contributed by atoms with Gasteiger partial charge in [-0.3, -0.25) is 9.59 Å². The fourth-order valence-electron chi connectivity index (χ4n) is 6.34. The number of rotatable bonds is 9. The molecule has 0 radical (unpaired) electrons. The summed E-state index contributed by atoms with van der Waals surface area (Å²) in [6, 6.07) is 2.87. The van der Waals surface area contributed by atoms with Crippen LogP contribution in [0.5, 0.6) is 0 Å².